The SMILES string of the molecule is C=C1C(=O)O[C@@H]2[C@@H]1CC/C(C)=C\CC[C@]1(C)O[C@@H]21. The van der Waals surface area contributed by atoms with Crippen molar-refractivity contribution < 1.29 is 14.3 Å². The van der Waals surface area contributed by atoms with Gasteiger partial charge in [-0.25, -0.2) is 4.79 Å². The topological polar surface area (TPSA) is 38.8 Å². The molecule has 3 heteroatoms. The van der Waals surface area contributed by atoms with Gasteiger partial charge in [-0.05, 0) is 39.5 Å². The molecule has 98 valence electrons. The van der Waals surface area contributed by atoms with Crippen LogP contribution in [0.3, 0.4) is 0 Å². The molecule has 0 radical (unpaired) electrons. The molecule has 0 aromatic carbocycles. The number of hydrogen-bond acceptors (Lipinski definition) is 3. The van der Waals surface area contributed by atoms with Crippen molar-refractivity contribution in [1.29, 1.82) is 0 Å². The standard InChI is InChI=1S/C15H20O3/c1-9-5-4-8-15(3)13(18-15)12-11(7-6-9)10(2)14(16)17-12/h5,11-13H,2,4,6-8H2,1,3H3/b9-5-/t11-,12-,13+,15+/m1/s1. The van der Waals surface area contributed by atoms with Crippen LogP contribution in [0.15, 0.2) is 23.8 Å². The highest BCUT2D eigenvalue weighted by Gasteiger charge is 2.61. The van der Waals surface area contributed by atoms with Crippen molar-refractivity contribution in [2.45, 2.75) is 57.3 Å². The van der Waals surface area contributed by atoms with Gasteiger partial charge in [0, 0.05) is 11.5 Å². The molecule has 2 fully saturated rings. The fraction of sp³-hybridized carbons (Fsp3) is 0.667. The summed E-state index contributed by atoms with van der Waals surface area (Å²) in [5.74, 6) is -0.102. The number of carbonyl (C=O) groups excluding carboxylic acids is 1. The van der Waals surface area contributed by atoms with Crippen molar-refractivity contribution in [2.24, 2.45) is 5.92 Å². The van der Waals surface area contributed by atoms with Gasteiger partial charge in [0.25, 0.3) is 0 Å². The van der Waals surface area contributed by atoms with E-state index in [1.54, 1.807) is 0 Å². The van der Waals surface area contributed by atoms with Crippen LogP contribution in [0.2, 0.25) is 0 Å². The van der Waals surface area contributed by atoms with Crippen LogP contribution in [0.1, 0.15) is 39.5 Å². The molecule has 2 heterocycles. The number of ether oxygens (including phenoxy) is 2. The Kier molecular flexibility index (Phi) is 2.63. The van der Waals surface area contributed by atoms with Gasteiger partial charge >= 0.3 is 5.97 Å². The molecule has 0 aromatic rings. The summed E-state index contributed by atoms with van der Waals surface area (Å²) in [6.45, 7) is 8.17. The van der Waals surface area contributed by atoms with Crippen LogP contribution in [-0.4, -0.2) is 23.8 Å². The Morgan fingerprint density at radius 3 is 3.06 bits per heavy atom. The Balaban J connectivity index is 1.87. The van der Waals surface area contributed by atoms with Gasteiger partial charge in [0.2, 0.25) is 0 Å². The second-order valence-electron chi connectivity index (χ2n) is 5.98. The molecule has 0 aromatic heterocycles. The van der Waals surface area contributed by atoms with E-state index in [1.807, 2.05) is 0 Å². The van der Waals surface area contributed by atoms with Crippen LogP contribution >= 0.6 is 0 Å². The zero-order chi connectivity index (χ0) is 12.9. The van der Waals surface area contributed by atoms with E-state index in [4.69, 9.17) is 9.47 Å². The summed E-state index contributed by atoms with van der Waals surface area (Å²) < 4.78 is 11.3. The largest absolute Gasteiger partial charge is 0.455 e. The van der Waals surface area contributed by atoms with Crippen LogP contribution in [0, 0.1) is 5.92 Å². The molecule has 0 amide bonds. The first-order valence-corrected chi connectivity index (χ1v) is 6.74. The molecule has 3 rings (SSSR count). The van der Waals surface area contributed by atoms with Gasteiger partial charge in [0.05, 0.1) is 5.60 Å². The molecule has 2 saturated heterocycles. The highest BCUT2D eigenvalue weighted by atomic mass is 16.6. The van der Waals surface area contributed by atoms with Crippen LogP contribution in [-0.2, 0) is 14.3 Å². The van der Waals surface area contributed by atoms with Crippen molar-refractivity contribution in [1.82, 2.24) is 0 Å². The van der Waals surface area contributed by atoms with Crippen LogP contribution in [0.25, 0.3) is 0 Å². The lowest BCUT2D eigenvalue weighted by atomic mass is 9.84. The number of carbonyl (C=O) groups is 1. The second-order valence-corrected chi connectivity index (χ2v) is 5.98. The third-order valence-corrected chi connectivity index (χ3v) is 4.57. The summed E-state index contributed by atoms with van der Waals surface area (Å²) in [6.07, 6.45) is 6.25. The maximum absolute atomic E-state index is 11.7. The van der Waals surface area contributed by atoms with E-state index < -0.39 is 0 Å². The minimum absolute atomic E-state index is 0.0671. The van der Waals surface area contributed by atoms with E-state index >= 15 is 0 Å². The van der Waals surface area contributed by atoms with Crippen LogP contribution < -0.4 is 0 Å². The number of rotatable bonds is 0. The van der Waals surface area contributed by atoms with E-state index in [-0.39, 0.29) is 29.7 Å². The molecule has 0 spiro atoms. The van der Waals surface area contributed by atoms with Crippen LogP contribution in [0.5, 0.6) is 0 Å². The fourth-order valence-electron chi connectivity index (χ4n) is 3.20. The summed E-state index contributed by atoms with van der Waals surface area (Å²) in [5, 5.41) is 0. The zero-order valence-electron chi connectivity index (χ0n) is 11.1. The van der Waals surface area contributed by atoms with E-state index in [9.17, 15) is 4.79 Å². The van der Waals surface area contributed by atoms with Gasteiger partial charge < -0.3 is 9.47 Å². The fourth-order valence-corrected chi connectivity index (χ4v) is 3.20. The lowest BCUT2D eigenvalue weighted by molar-refractivity contribution is -0.140. The minimum atomic E-state index is -0.233. The minimum Gasteiger partial charge on any atom is -0.455 e. The highest BCUT2D eigenvalue weighted by Crippen LogP contribution is 2.49. The number of epoxide rings is 1. The monoisotopic (exact) mass is 248 g/mol. The van der Waals surface area contributed by atoms with Gasteiger partial charge in [-0.15, -0.1) is 0 Å². The predicted molar refractivity (Wildman–Crippen MR) is 68.0 cm³/mol. The Morgan fingerprint density at radius 2 is 2.28 bits per heavy atom. The number of esters is 1. The Hall–Kier alpha value is -1.09. The summed E-state index contributed by atoms with van der Waals surface area (Å²) in [4.78, 5) is 11.7. The van der Waals surface area contributed by atoms with E-state index in [2.05, 4.69) is 26.5 Å². The normalized spacial score (nSPS) is 46.6. The molecule has 2 aliphatic heterocycles. The highest BCUT2D eigenvalue weighted by molar-refractivity contribution is 5.91. The van der Waals surface area contributed by atoms with Crippen LogP contribution in [0.4, 0.5) is 0 Å². The van der Waals surface area contributed by atoms with Crippen molar-refractivity contribution in [2.75, 3.05) is 0 Å². The van der Waals surface area contributed by atoms with E-state index in [0.29, 0.717) is 5.57 Å². The smallest absolute Gasteiger partial charge is 0.334 e. The molecule has 0 bridgehead atoms. The Morgan fingerprint density at radius 1 is 1.50 bits per heavy atom. The van der Waals surface area contributed by atoms with E-state index in [1.165, 1.54) is 5.57 Å². The van der Waals surface area contributed by atoms with Crippen molar-refractivity contribution in [3.63, 3.8) is 0 Å². The number of hydrogen-bond donors (Lipinski definition) is 0. The maximum atomic E-state index is 11.7. The molecule has 0 saturated carbocycles. The summed E-state index contributed by atoms with van der Waals surface area (Å²) in [7, 11) is 0. The lowest BCUT2D eigenvalue weighted by Crippen LogP contribution is -2.28. The number of allylic oxidation sites excluding steroid dienone is 2. The molecule has 0 unspecified atom stereocenters. The molecule has 0 N–H and O–H groups in total. The maximum Gasteiger partial charge on any atom is 0.334 e. The molecule has 18 heavy (non-hydrogen) atoms. The molecule has 1 aliphatic carbocycles. The lowest BCUT2D eigenvalue weighted by Gasteiger charge is -2.19. The average molecular weight is 248 g/mol. The molecular formula is C15H20O3. The molecule has 4 atom stereocenters. The Bertz CT molecular complexity index is 437. The molecular weight excluding hydrogens is 228 g/mol. The summed E-state index contributed by atoms with van der Waals surface area (Å²) in [6, 6.07) is 0. The first-order valence-electron chi connectivity index (χ1n) is 6.74. The number of fused-ring (bicyclic) bond motifs is 3. The second kappa shape index (κ2) is 3.95. The van der Waals surface area contributed by atoms with Gasteiger partial charge in [0.15, 0.2) is 0 Å². The van der Waals surface area contributed by atoms with Gasteiger partial charge in [0.1, 0.15) is 12.2 Å². The quantitative estimate of drug-likeness (QED) is 0.286. The molecule has 3 nitrogen and oxygen atoms in total. The third kappa shape index (κ3) is 1.81. The predicted octanol–water partition coefficient (Wildman–Crippen LogP) is 2.76. The first kappa shape index (κ1) is 12.0. The van der Waals surface area contributed by atoms with Crippen molar-refractivity contribution in [3.8, 4) is 0 Å². The van der Waals surface area contributed by atoms with Gasteiger partial charge in [-0.1, -0.05) is 18.2 Å². The van der Waals surface area contributed by atoms with Crippen molar-refractivity contribution >= 4 is 5.97 Å². The summed E-state index contributed by atoms with van der Waals surface area (Å²) >= 11 is 0. The van der Waals surface area contributed by atoms with Gasteiger partial charge in [-0.3, -0.25) is 0 Å². The third-order valence-electron chi connectivity index (χ3n) is 4.57. The average Bonchev–Trinajstić information content (AvgIpc) is 2.90. The van der Waals surface area contributed by atoms with E-state index in [0.717, 1.165) is 25.7 Å². The van der Waals surface area contributed by atoms with Crippen molar-refractivity contribution in [3.05, 3.63) is 23.8 Å². The summed E-state index contributed by atoms with van der Waals surface area (Å²) in [5.41, 5.74) is 1.91. The molecule has 3 aliphatic rings. The van der Waals surface area contributed by atoms with Gasteiger partial charge in [-0.2, -0.15) is 0 Å². The first-order chi connectivity index (χ1) is 8.51. The Labute approximate surface area is 108 Å². The zero-order valence-corrected chi connectivity index (χ0v) is 11.1.